The van der Waals surface area contributed by atoms with Crippen molar-refractivity contribution < 1.29 is 13.5 Å². The maximum atomic E-state index is 12.2. The van der Waals surface area contributed by atoms with Gasteiger partial charge in [-0.05, 0) is 30.4 Å². The summed E-state index contributed by atoms with van der Waals surface area (Å²) in [4.78, 5) is -0.0468. The van der Waals surface area contributed by atoms with Gasteiger partial charge in [0, 0.05) is 6.54 Å². The molecule has 1 fully saturated rings. The van der Waals surface area contributed by atoms with Gasteiger partial charge in [-0.3, -0.25) is 0 Å². The molecule has 1 aromatic carbocycles. The minimum atomic E-state index is -3.63. The van der Waals surface area contributed by atoms with E-state index in [9.17, 15) is 13.5 Å². The Morgan fingerprint density at radius 2 is 1.84 bits per heavy atom. The van der Waals surface area contributed by atoms with E-state index in [4.69, 9.17) is 0 Å². The summed E-state index contributed by atoms with van der Waals surface area (Å²) in [7, 11) is -3.63. The summed E-state index contributed by atoms with van der Waals surface area (Å²) in [5.41, 5.74) is 0.0374. The molecule has 5 heteroatoms. The van der Waals surface area contributed by atoms with Crippen LogP contribution in [0.1, 0.15) is 39.0 Å². The standard InChI is InChI=1S/C14H21NO3S/c1-14(9-5-2-6-10-14)11-15-19(17,18)13-8-4-3-7-12(13)16/h3-4,7-8,15-16H,2,5-6,9-11H2,1H3. The van der Waals surface area contributed by atoms with Gasteiger partial charge in [-0.15, -0.1) is 0 Å². The molecule has 1 aromatic rings. The van der Waals surface area contributed by atoms with Gasteiger partial charge < -0.3 is 5.11 Å². The fourth-order valence-electron chi connectivity index (χ4n) is 2.61. The third kappa shape index (κ3) is 3.48. The van der Waals surface area contributed by atoms with Crippen LogP contribution in [0.5, 0.6) is 5.75 Å². The zero-order valence-electron chi connectivity index (χ0n) is 11.2. The van der Waals surface area contributed by atoms with E-state index in [0.29, 0.717) is 6.54 Å². The molecule has 1 saturated carbocycles. The van der Waals surface area contributed by atoms with Gasteiger partial charge in [0.2, 0.25) is 10.0 Å². The number of sulfonamides is 1. The second kappa shape index (κ2) is 5.51. The van der Waals surface area contributed by atoms with Crippen LogP contribution in [0.3, 0.4) is 0 Å². The van der Waals surface area contributed by atoms with E-state index in [1.165, 1.54) is 18.6 Å². The second-order valence-electron chi connectivity index (χ2n) is 5.66. The van der Waals surface area contributed by atoms with E-state index in [1.807, 2.05) is 0 Å². The number of hydrogen-bond acceptors (Lipinski definition) is 3. The Morgan fingerprint density at radius 3 is 2.47 bits per heavy atom. The third-order valence-electron chi connectivity index (χ3n) is 3.90. The highest BCUT2D eigenvalue weighted by molar-refractivity contribution is 7.89. The van der Waals surface area contributed by atoms with Crippen LogP contribution in [-0.4, -0.2) is 20.1 Å². The molecule has 4 nitrogen and oxygen atoms in total. The first-order valence-corrected chi connectivity index (χ1v) is 8.19. The van der Waals surface area contributed by atoms with Crippen LogP contribution in [0, 0.1) is 5.41 Å². The van der Waals surface area contributed by atoms with E-state index in [0.717, 1.165) is 25.7 Å². The Labute approximate surface area is 114 Å². The molecule has 0 heterocycles. The lowest BCUT2D eigenvalue weighted by Gasteiger charge is -2.33. The van der Waals surface area contributed by atoms with Crippen molar-refractivity contribution in [3.8, 4) is 5.75 Å². The first-order valence-electron chi connectivity index (χ1n) is 6.71. The molecule has 0 radical (unpaired) electrons. The summed E-state index contributed by atoms with van der Waals surface area (Å²) in [6.07, 6.45) is 5.66. The van der Waals surface area contributed by atoms with Crippen LogP contribution >= 0.6 is 0 Å². The summed E-state index contributed by atoms with van der Waals surface area (Å²) < 4.78 is 27.0. The lowest BCUT2D eigenvalue weighted by atomic mass is 9.76. The molecular weight excluding hydrogens is 262 g/mol. The van der Waals surface area contributed by atoms with Crippen LogP contribution in [0.4, 0.5) is 0 Å². The van der Waals surface area contributed by atoms with Gasteiger partial charge in [0.15, 0.2) is 0 Å². The van der Waals surface area contributed by atoms with E-state index in [-0.39, 0.29) is 16.1 Å². The predicted molar refractivity (Wildman–Crippen MR) is 74.5 cm³/mol. The topological polar surface area (TPSA) is 66.4 Å². The van der Waals surface area contributed by atoms with Crippen molar-refractivity contribution in [2.45, 2.75) is 43.9 Å². The number of phenolic OH excluding ortho intramolecular Hbond substituents is 1. The molecule has 0 aliphatic heterocycles. The van der Waals surface area contributed by atoms with Gasteiger partial charge >= 0.3 is 0 Å². The predicted octanol–water partition coefficient (Wildman–Crippen LogP) is 2.64. The Balaban J connectivity index is 2.08. The smallest absolute Gasteiger partial charge is 0.244 e. The minimum Gasteiger partial charge on any atom is -0.507 e. The minimum absolute atomic E-state index is 0.0374. The van der Waals surface area contributed by atoms with Crippen molar-refractivity contribution in [1.82, 2.24) is 4.72 Å². The van der Waals surface area contributed by atoms with E-state index >= 15 is 0 Å². The van der Waals surface area contributed by atoms with Crippen molar-refractivity contribution in [3.63, 3.8) is 0 Å². The Kier molecular flexibility index (Phi) is 4.16. The molecule has 0 amide bonds. The van der Waals surface area contributed by atoms with Crippen LogP contribution in [-0.2, 0) is 10.0 Å². The molecule has 2 rings (SSSR count). The summed E-state index contributed by atoms with van der Waals surface area (Å²) in [5, 5.41) is 9.63. The summed E-state index contributed by atoms with van der Waals surface area (Å²) >= 11 is 0. The van der Waals surface area contributed by atoms with Gasteiger partial charge in [-0.1, -0.05) is 38.3 Å². The maximum Gasteiger partial charge on any atom is 0.244 e. The highest BCUT2D eigenvalue weighted by atomic mass is 32.2. The molecule has 19 heavy (non-hydrogen) atoms. The fourth-order valence-corrected chi connectivity index (χ4v) is 3.91. The van der Waals surface area contributed by atoms with Crippen LogP contribution < -0.4 is 4.72 Å². The summed E-state index contributed by atoms with van der Waals surface area (Å²) in [6, 6.07) is 6.02. The third-order valence-corrected chi connectivity index (χ3v) is 5.35. The van der Waals surface area contributed by atoms with Crippen LogP contribution in [0.2, 0.25) is 0 Å². The molecular formula is C14H21NO3S. The zero-order valence-corrected chi connectivity index (χ0v) is 12.0. The molecule has 1 aliphatic carbocycles. The monoisotopic (exact) mass is 283 g/mol. The Morgan fingerprint density at radius 1 is 1.21 bits per heavy atom. The average molecular weight is 283 g/mol. The number of aromatic hydroxyl groups is 1. The maximum absolute atomic E-state index is 12.2. The lowest BCUT2D eigenvalue weighted by Crippen LogP contribution is -2.37. The molecule has 0 aromatic heterocycles. The van der Waals surface area contributed by atoms with Crippen molar-refractivity contribution in [2.24, 2.45) is 5.41 Å². The van der Waals surface area contributed by atoms with Crippen molar-refractivity contribution in [1.29, 1.82) is 0 Å². The number of hydrogen-bond donors (Lipinski definition) is 2. The van der Waals surface area contributed by atoms with E-state index in [1.54, 1.807) is 12.1 Å². The Bertz CT molecular complexity index is 533. The molecule has 106 valence electrons. The normalized spacial score (nSPS) is 19.2. The van der Waals surface area contributed by atoms with Crippen LogP contribution in [0.15, 0.2) is 29.2 Å². The molecule has 2 N–H and O–H groups in total. The van der Waals surface area contributed by atoms with Gasteiger partial charge in [0.25, 0.3) is 0 Å². The highest BCUT2D eigenvalue weighted by Gasteiger charge is 2.29. The molecule has 1 aliphatic rings. The number of benzene rings is 1. The number of phenols is 1. The van der Waals surface area contributed by atoms with Gasteiger partial charge in [-0.25, -0.2) is 13.1 Å². The summed E-state index contributed by atoms with van der Waals surface area (Å²) in [6.45, 7) is 2.56. The Hall–Kier alpha value is -1.07. The SMILES string of the molecule is CC1(CNS(=O)(=O)c2ccccc2O)CCCCC1. The second-order valence-corrected chi connectivity index (χ2v) is 7.40. The van der Waals surface area contributed by atoms with Gasteiger partial charge in [0.1, 0.15) is 10.6 Å². The molecule has 0 saturated heterocycles. The quantitative estimate of drug-likeness (QED) is 0.892. The zero-order chi connectivity index (χ0) is 13.9. The molecule has 0 spiro atoms. The van der Waals surface area contributed by atoms with Crippen molar-refractivity contribution in [3.05, 3.63) is 24.3 Å². The first kappa shape index (κ1) is 14.3. The van der Waals surface area contributed by atoms with Crippen molar-refractivity contribution in [2.75, 3.05) is 6.54 Å². The van der Waals surface area contributed by atoms with Crippen molar-refractivity contribution >= 4 is 10.0 Å². The first-order chi connectivity index (χ1) is 8.93. The molecule has 0 bridgehead atoms. The number of rotatable bonds is 4. The largest absolute Gasteiger partial charge is 0.507 e. The summed E-state index contributed by atoms with van der Waals surface area (Å²) in [5.74, 6) is -0.205. The number of nitrogens with one attached hydrogen (secondary N) is 1. The van der Waals surface area contributed by atoms with Crippen LogP contribution in [0.25, 0.3) is 0 Å². The van der Waals surface area contributed by atoms with E-state index < -0.39 is 10.0 Å². The van der Waals surface area contributed by atoms with E-state index in [2.05, 4.69) is 11.6 Å². The number of para-hydroxylation sites is 1. The fraction of sp³-hybridized carbons (Fsp3) is 0.571. The highest BCUT2D eigenvalue weighted by Crippen LogP contribution is 2.35. The molecule has 0 atom stereocenters. The lowest BCUT2D eigenvalue weighted by molar-refractivity contribution is 0.219. The van der Waals surface area contributed by atoms with Gasteiger partial charge in [-0.2, -0.15) is 0 Å². The average Bonchev–Trinajstić information content (AvgIpc) is 2.38. The van der Waals surface area contributed by atoms with Gasteiger partial charge in [0.05, 0.1) is 0 Å². The molecule has 0 unspecified atom stereocenters.